The van der Waals surface area contributed by atoms with Crippen molar-refractivity contribution in [1.29, 1.82) is 0 Å². The number of anilines is 1. The van der Waals surface area contributed by atoms with E-state index in [9.17, 15) is 14.4 Å². The lowest BCUT2D eigenvalue weighted by Crippen LogP contribution is -2.43. The van der Waals surface area contributed by atoms with Gasteiger partial charge in [0.1, 0.15) is 6.54 Å². The second kappa shape index (κ2) is 10.3. The second-order valence-electron chi connectivity index (χ2n) is 9.72. The van der Waals surface area contributed by atoms with E-state index in [1.807, 2.05) is 54.6 Å². The molecule has 188 valence electrons. The zero-order valence-corrected chi connectivity index (χ0v) is 21.0. The minimum atomic E-state index is -0.591. The summed E-state index contributed by atoms with van der Waals surface area (Å²) in [5.74, 6) is -0.466. The van der Waals surface area contributed by atoms with Gasteiger partial charge in [-0.25, -0.2) is 14.3 Å². The van der Waals surface area contributed by atoms with Gasteiger partial charge in [-0.2, -0.15) is 0 Å². The zero-order chi connectivity index (χ0) is 25.9. The van der Waals surface area contributed by atoms with Gasteiger partial charge < -0.3 is 14.6 Å². The molecule has 0 saturated heterocycles. The van der Waals surface area contributed by atoms with Crippen molar-refractivity contribution in [3.63, 3.8) is 0 Å². The fourth-order valence-electron chi connectivity index (χ4n) is 4.04. The molecule has 0 aliphatic heterocycles. The zero-order valence-electron chi connectivity index (χ0n) is 21.0. The summed E-state index contributed by atoms with van der Waals surface area (Å²) < 4.78 is 9.21. The molecule has 0 spiro atoms. The molecule has 4 aromatic rings. The van der Waals surface area contributed by atoms with Crippen molar-refractivity contribution < 1.29 is 9.53 Å². The number of fused-ring (bicyclic) bond motifs is 1. The van der Waals surface area contributed by atoms with Gasteiger partial charge in [0.2, 0.25) is 5.91 Å². The Balaban J connectivity index is 1.71. The topological polar surface area (TPSA) is 100 Å². The monoisotopic (exact) mass is 489 g/mol. The molecule has 2 heterocycles. The lowest BCUT2D eigenvalue weighted by molar-refractivity contribution is -0.116. The van der Waals surface area contributed by atoms with E-state index in [0.717, 1.165) is 15.7 Å². The fourth-order valence-corrected chi connectivity index (χ4v) is 4.04. The third-order valence-electron chi connectivity index (χ3n) is 6.04. The van der Waals surface area contributed by atoms with Gasteiger partial charge in [0.05, 0.1) is 19.5 Å². The second-order valence-corrected chi connectivity index (χ2v) is 9.72. The Bertz CT molecular complexity index is 1480. The Morgan fingerprint density at radius 2 is 1.69 bits per heavy atom. The summed E-state index contributed by atoms with van der Waals surface area (Å²) in [6, 6.07) is 17.0. The van der Waals surface area contributed by atoms with Crippen molar-refractivity contribution in [2.75, 3.05) is 19.0 Å². The van der Waals surface area contributed by atoms with Crippen molar-refractivity contribution in [3.8, 4) is 0 Å². The van der Waals surface area contributed by atoms with Crippen LogP contribution in [0.5, 0.6) is 0 Å². The SMILES string of the molecule is COCCn1cnc2c1c(=O)n(CC(=O)Nc1ccc(C(C)(C)C)cc1)c(=O)n2Cc1ccccc1. The van der Waals surface area contributed by atoms with Gasteiger partial charge >= 0.3 is 5.69 Å². The molecular formula is C27H31N5O4. The van der Waals surface area contributed by atoms with Gasteiger partial charge in [-0.3, -0.25) is 14.2 Å². The van der Waals surface area contributed by atoms with E-state index in [4.69, 9.17) is 4.74 Å². The number of imidazole rings is 1. The Kier molecular flexibility index (Phi) is 7.21. The predicted molar refractivity (Wildman–Crippen MR) is 139 cm³/mol. The van der Waals surface area contributed by atoms with E-state index < -0.39 is 23.7 Å². The molecule has 0 aliphatic carbocycles. The quantitative estimate of drug-likeness (QED) is 0.410. The molecule has 0 fully saturated rings. The maximum absolute atomic E-state index is 13.4. The smallest absolute Gasteiger partial charge is 0.333 e. The molecule has 36 heavy (non-hydrogen) atoms. The number of nitrogens with zero attached hydrogens (tertiary/aromatic N) is 4. The van der Waals surface area contributed by atoms with Crippen molar-refractivity contribution in [2.45, 2.75) is 45.8 Å². The standard InChI is InChI=1S/C27H31N5O4/c1-27(2,3)20-10-12-21(13-11-20)29-22(33)17-32-25(34)23-24(28-18-30(23)14-15-36-4)31(26(32)35)16-19-8-6-5-7-9-19/h5-13,18H,14-17H2,1-4H3,(H,29,33). The van der Waals surface area contributed by atoms with Gasteiger partial charge in [0.15, 0.2) is 11.2 Å². The Labute approximate surface area is 209 Å². The summed E-state index contributed by atoms with van der Waals surface area (Å²) in [6.07, 6.45) is 1.52. The third kappa shape index (κ3) is 5.31. The molecule has 2 aromatic heterocycles. The summed E-state index contributed by atoms with van der Waals surface area (Å²) in [7, 11) is 1.57. The number of hydrogen-bond acceptors (Lipinski definition) is 5. The molecule has 0 bridgehead atoms. The van der Waals surface area contributed by atoms with Crippen LogP contribution in [-0.2, 0) is 34.6 Å². The number of carbonyl (C=O) groups is 1. The van der Waals surface area contributed by atoms with Crippen LogP contribution in [0.25, 0.3) is 11.2 Å². The molecule has 0 aliphatic rings. The summed E-state index contributed by atoms with van der Waals surface area (Å²) >= 11 is 0. The van der Waals surface area contributed by atoms with Crippen LogP contribution >= 0.6 is 0 Å². The number of aromatic nitrogens is 4. The van der Waals surface area contributed by atoms with E-state index in [1.165, 1.54) is 10.9 Å². The summed E-state index contributed by atoms with van der Waals surface area (Å²) in [4.78, 5) is 44.1. The summed E-state index contributed by atoms with van der Waals surface area (Å²) in [6.45, 7) is 6.89. The van der Waals surface area contributed by atoms with Gasteiger partial charge in [0, 0.05) is 19.3 Å². The number of rotatable bonds is 8. The minimum Gasteiger partial charge on any atom is -0.383 e. The lowest BCUT2D eigenvalue weighted by atomic mass is 9.87. The van der Waals surface area contributed by atoms with E-state index in [2.05, 4.69) is 31.1 Å². The average molecular weight is 490 g/mol. The van der Waals surface area contributed by atoms with Crippen LogP contribution in [0.3, 0.4) is 0 Å². The van der Waals surface area contributed by atoms with Crippen LogP contribution in [0.15, 0.2) is 70.5 Å². The molecular weight excluding hydrogens is 458 g/mol. The number of benzene rings is 2. The van der Waals surface area contributed by atoms with E-state index in [0.29, 0.717) is 18.8 Å². The average Bonchev–Trinajstić information content (AvgIpc) is 3.27. The van der Waals surface area contributed by atoms with E-state index in [-0.39, 0.29) is 23.1 Å². The molecule has 1 N–H and O–H groups in total. The third-order valence-corrected chi connectivity index (χ3v) is 6.04. The van der Waals surface area contributed by atoms with Crippen LogP contribution in [-0.4, -0.2) is 38.3 Å². The molecule has 9 heteroatoms. The highest BCUT2D eigenvalue weighted by Gasteiger charge is 2.20. The predicted octanol–water partition coefficient (Wildman–Crippen LogP) is 2.99. The molecule has 4 rings (SSSR count). The molecule has 0 unspecified atom stereocenters. The molecule has 2 aromatic carbocycles. The van der Waals surface area contributed by atoms with Crippen molar-refractivity contribution >= 4 is 22.8 Å². The Morgan fingerprint density at radius 1 is 1.00 bits per heavy atom. The highest BCUT2D eigenvalue weighted by atomic mass is 16.5. The Morgan fingerprint density at radius 3 is 2.33 bits per heavy atom. The van der Waals surface area contributed by atoms with E-state index in [1.54, 1.807) is 11.7 Å². The van der Waals surface area contributed by atoms with Crippen LogP contribution in [0.4, 0.5) is 5.69 Å². The van der Waals surface area contributed by atoms with Gasteiger partial charge in [-0.1, -0.05) is 63.2 Å². The summed E-state index contributed by atoms with van der Waals surface area (Å²) in [5.41, 5.74) is 1.97. The first kappa shape index (κ1) is 25.1. The highest BCUT2D eigenvalue weighted by molar-refractivity contribution is 5.90. The number of ether oxygens (including phenoxy) is 1. The number of hydrogen-bond donors (Lipinski definition) is 1. The van der Waals surface area contributed by atoms with Crippen LogP contribution < -0.4 is 16.6 Å². The fraction of sp³-hybridized carbons (Fsp3) is 0.333. The lowest BCUT2D eigenvalue weighted by Gasteiger charge is -2.19. The highest BCUT2D eigenvalue weighted by Crippen LogP contribution is 2.23. The first-order valence-electron chi connectivity index (χ1n) is 11.8. The molecule has 1 amide bonds. The molecule has 9 nitrogen and oxygen atoms in total. The number of methoxy groups -OCH3 is 1. The van der Waals surface area contributed by atoms with Crippen molar-refractivity contribution in [2.24, 2.45) is 0 Å². The van der Waals surface area contributed by atoms with Crippen LogP contribution in [0, 0.1) is 0 Å². The molecule has 0 radical (unpaired) electrons. The first-order valence-corrected chi connectivity index (χ1v) is 11.8. The number of nitrogens with one attached hydrogen (secondary N) is 1. The van der Waals surface area contributed by atoms with Crippen LogP contribution in [0.1, 0.15) is 31.9 Å². The van der Waals surface area contributed by atoms with Gasteiger partial charge in [-0.05, 0) is 28.7 Å². The maximum atomic E-state index is 13.4. The Hall–Kier alpha value is -3.98. The summed E-state index contributed by atoms with van der Waals surface area (Å²) in [5, 5.41) is 2.79. The van der Waals surface area contributed by atoms with Crippen molar-refractivity contribution in [1.82, 2.24) is 18.7 Å². The van der Waals surface area contributed by atoms with Crippen molar-refractivity contribution in [3.05, 3.63) is 92.9 Å². The first-order chi connectivity index (χ1) is 17.2. The number of amides is 1. The largest absolute Gasteiger partial charge is 0.383 e. The van der Waals surface area contributed by atoms with E-state index >= 15 is 0 Å². The van der Waals surface area contributed by atoms with Gasteiger partial charge in [-0.15, -0.1) is 0 Å². The minimum absolute atomic E-state index is 0.0130. The number of carbonyl (C=O) groups excluding carboxylic acids is 1. The molecule has 0 saturated carbocycles. The van der Waals surface area contributed by atoms with Crippen LogP contribution in [0.2, 0.25) is 0 Å². The normalized spacial score (nSPS) is 11.7. The molecule has 0 atom stereocenters. The van der Waals surface area contributed by atoms with Gasteiger partial charge in [0.25, 0.3) is 5.56 Å². The maximum Gasteiger partial charge on any atom is 0.333 e.